The molecule has 1 heterocycles. The molecule has 124 valence electrons. The third kappa shape index (κ3) is 2.33. The molecule has 4 rings (SSSR count). The fourth-order valence-corrected chi connectivity index (χ4v) is 5.02. The van der Waals surface area contributed by atoms with Gasteiger partial charge in [-0.25, -0.2) is 4.79 Å². The smallest absolute Gasteiger partial charge is 0.504 e. The zero-order valence-corrected chi connectivity index (χ0v) is 13.7. The van der Waals surface area contributed by atoms with Gasteiger partial charge in [0.05, 0.1) is 0 Å². The van der Waals surface area contributed by atoms with Gasteiger partial charge in [-0.3, -0.25) is 4.79 Å². The van der Waals surface area contributed by atoms with E-state index in [1.54, 1.807) is 0 Å². The minimum absolute atomic E-state index is 0.00831. The summed E-state index contributed by atoms with van der Waals surface area (Å²) in [6, 6.07) is 0. The van der Waals surface area contributed by atoms with Crippen molar-refractivity contribution >= 4 is 23.7 Å². The lowest BCUT2D eigenvalue weighted by Crippen LogP contribution is -2.15. The summed E-state index contributed by atoms with van der Waals surface area (Å²) in [5, 5.41) is 19.8. The number of carboxylic acid groups (broad SMARTS) is 1. The lowest BCUT2D eigenvalue weighted by Gasteiger charge is -2.21. The summed E-state index contributed by atoms with van der Waals surface area (Å²) in [7, 11) is 0. The highest BCUT2D eigenvalue weighted by Crippen LogP contribution is 2.52. The molecule has 0 atom stereocenters. The second-order valence-corrected chi connectivity index (χ2v) is 7.18. The van der Waals surface area contributed by atoms with E-state index in [1.165, 1.54) is 11.8 Å². The van der Waals surface area contributed by atoms with Crippen LogP contribution in [0.15, 0.2) is 55.8 Å². The number of Topliss-reactive ketones (excluding diaryl/α,β-unsaturated/α-hetero) is 1. The van der Waals surface area contributed by atoms with Gasteiger partial charge < -0.3 is 14.9 Å². The Morgan fingerprint density at radius 1 is 1.12 bits per heavy atom. The summed E-state index contributed by atoms with van der Waals surface area (Å²) < 4.78 is 4.93. The molecule has 0 unspecified atom stereocenters. The first-order valence-electron chi connectivity index (χ1n) is 7.98. The number of rotatable bonds is 1. The number of thioether (sulfide) groups is 1. The normalized spacial score (nSPS) is 23.2. The Morgan fingerprint density at radius 3 is 2.67 bits per heavy atom. The standard InChI is InChI=1S/C18H16O5S/c19-13-8-12-16(23-18(21)22)15(20)11-4-1-2-7-14(11)24-17(12)10-6-3-5-9(10)13/h4,7,20H,1-3,5-6,8H2,(H,21,22). The van der Waals surface area contributed by atoms with Crippen LogP contribution in [0.25, 0.3) is 0 Å². The Morgan fingerprint density at radius 2 is 1.88 bits per heavy atom. The number of fused-ring (bicyclic) bond motifs is 2. The van der Waals surface area contributed by atoms with Crippen molar-refractivity contribution in [3.8, 4) is 0 Å². The van der Waals surface area contributed by atoms with Crippen LogP contribution in [0.3, 0.4) is 0 Å². The van der Waals surface area contributed by atoms with Crippen LogP contribution in [0.1, 0.15) is 38.5 Å². The Balaban J connectivity index is 1.94. The zero-order valence-electron chi connectivity index (χ0n) is 12.9. The van der Waals surface area contributed by atoms with Gasteiger partial charge in [0.1, 0.15) is 0 Å². The van der Waals surface area contributed by atoms with Gasteiger partial charge in [-0.2, -0.15) is 0 Å². The molecular formula is C18H16O5S. The summed E-state index contributed by atoms with van der Waals surface area (Å²) in [4.78, 5) is 25.4. The van der Waals surface area contributed by atoms with E-state index in [2.05, 4.69) is 6.08 Å². The van der Waals surface area contributed by atoms with Gasteiger partial charge in [0.15, 0.2) is 17.3 Å². The van der Waals surface area contributed by atoms with E-state index in [0.717, 1.165) is 53.1 Å². The van der Waals surface area contributed by atoms with Gasteiger partial charge in [-0.15, -0.1) is 0 Å². The molecule has 0 saturated heterocycles. The Hall–Kier alpha value is -2.21. The highest BCUT2D eigenvalue weighted by Gasteiger charge is 2.38. The molecule has 0 fully saturated rings. The predicted octanol–water partition coefficient (Wildman–Crippen LogP) is 4.51. The second-order valence-electron chi connectivity index (χ2n) is 6.13. The van der Waals surface area contributed by atoms with Gasteiger partial charge in [0, 0.05) is 27.4 Å². The molecule has 4 aliphatic rings. The molecule has 3 aliphatic carbocycles. The summed E-state index contributed by atoms with van der Waals surface area (Å²) in [5.41, 5.74) is 2.96. The summed E-state index contributed by atoms with van der Waals surface area (Å²) in [5.74, 6) is -0.266. The van der Waals surface area contributed by atoms with E-state index in [0.29, 0.717) is 11.1 Å². The van der Waals surface area contributed by atoms with Crippen LogP contribution in [0, 0.1) is 0 Å². The quantitative estimate of drug-likeness (QED) is 0.681. The number of ketones is 1. The predicted molar refractivity (Wildman–Crippen MR) is 89.3 cm³/mol. The number of aliphatic hydroxyl groups is 1. The maximum Gasteiger partial charge on any atom is 0.511 e. The molecule has 1 aliphatic heterocycles. The number of carbonyl (C=O) groups excluding carboxylic acids is 1. The average Bonchev–Trinajstić information content (AvgIpc) is 3.01. The first kappa shape index (κ1) is 15.3. The van der Waals surface area contributed by atoms with Crippen LogP contribution in [0.2, 0.25) is 0 Å². The molecule has 24 heavy (non-hydrogen) atoms. The SMILES string of the molecule is O=C(O)OC1=C(O)C2=CCCC=C2SC2=C1CC(=O)C1=C2CCC1. The largest absolute Gasteiger partial charge is 0.511 e. The number of hydrogen-bond donors (Lipinski definition) is 2. The second kappa shape index (κ2) is 5.70. The molecule has 0 amide bonds. The fourth-order valence-electron chi connectivity index (χ4n) is 3.67. The van der Waals surface area contributed by atoms with Crippen LogP contribution in [0.5, 0.6) is 0 Å². The molecule has 0 aromatic heterocycles. The van der Waals surface area contributed by atoms with Gasteiger partial charge >= 0.3 is 6.16 Å². The van der Waals surface area contributed by atoms with Crippen LogP contribution < -0.4 is 0 Å². The van der Waals surface area contributed by atoms with E-state index in [9.17, 15) is 14.7 Å². The van der Waals surface area contributed by atoms with Gasteiger partial charge in [-0.05, 0) is 43.3 Å². The van der Waals surface area contributed by atoms with Crippen molar-refractivity contribution in [2.75, 3.05) is 0 Å². The van der Waals surface area contributed by atoms with Crippen molar-refractivity contribution in [2.24, 2.45) is 0 Å². The molecular weight excluding hydrogens is 328 g/mol. The minimum Gasteiger partial charge on any atom is -0.504 e. The highest BCUT2D eigenvalue weighted by atomic mass is 32.2. The maximum absolute atomic E-state index is 12.5. The van der Waals surface area contributed by atoms with Crippen LogP contribution >= 0.6 is 11.8 Å². The van der Waals surface area contributed by atoms with E-state index in [4.69, 9.17) is 9.84 Å². The molecule has 0 saturated carbocycles. The monoisotopic (exact) mass is 344 g/mol. The number of allylic oxidation sites excluding steroid dienone is 6. The van der Waals surface area contributed by atoms with Crippen LogP contribution in [-0.2, 0) is 9.53 Å². The molecule has 6 heteroatoms. The molecule has 0 radical (unpaired) electrons. The number of hydrogen-bond acceptors (Lipinski definition) is 5. The maximum atomic E-state index is 12.5. The minimum atomic E-state index is -1.49. The van der Waals surface area contributed by atoms with Gasteiger partial charge in [0.25, 0.3) is 0 Å². The van der Waals surface area contributed by atoms with Crippen LogP contribution in [-0.4, -0.2) is 22.2 Å². The fraction of sp³-hybridized carbons (Fsp3) is 0.333. The molecule has 0 bridgehead atoms. The van der Waals surface area contributed by atoms with Crippen LogP contribution in [0.4, 0.5) is 4.79 Å². The van der Waals surface area contributed by atoms with Crippen molar-refractivity contribution in [3.05, 3.63) is 55.8 Å². The first-order chi connectivity index (χ1) is 11.6. The number of aliphatic hydroxyl groups excluding tert-OH is 1. The summed E-state index contributed by atoms with van der Waals surface area (Å²) in [6.45, 7) is 0. The van der Waals surface area contributed by atoms with E-state index < -0.39 is 6.16 Å². The van der Waals surface area contributed by atoms with Gasteiger partial charge in [0.2, 0.25) is 0 Å². The Bertz CT molecular complexity index is 822. The summed E-state index contributed by atoms with van der Waals surface area (Å²) >= 11 is 1.52. The molecule has 0 spiro atoms. The Kier molecular flexibility index (Phi) is 3.64. The van der Waals surface area contributed by atoms with Crippen molar-refractivity contribution in [1.82, 2.24) is 0 Å². The molecule has 2 N–H and O–H groups in total. The Labute approximate surface area is 143 Å². The highest BCUT2D eigenvalue weighted by molar-refractivity contribution is 8.07. The third-order valence-corrected chi connectivity index (χ3v) is 6.00. The number of ether oxygens (including phenoxy) is 1. The van der Waals surface area contributed by atoms with Gasteiger partial charge in [-0.1, -0.05) is 23.9 Å². The van der Waals surface area contributed by atoms with Crippen molar-refractivity contribution in [3.63, 3.8) is 0 Å². The molecule has 5 nitrogen and oxygen atoms in total. The molecule has 0 aromatic rings. The lowest BCUT2D eigenvalue weighted by atomic mass is 9.90. The van der Waals surface area contributed by atoms with E-state index in [1.807, 2.05) is 6.08 Å². The zero-order chi connectivity index (χ0) is 16.8. The topological polar surface area (TPSA) is 83.8 Å². The average molecular weight is 344 g/mol. The number of carbonyl (C=O) groups is 2. The lowest BCUT2D eigenvalue weighted by molar-refractivity contribution is -0.115. The van der Waals surface area contributed by atoms with Crippen molar-refractivity contribution < 1.29 is 24.5 Å². The van der Waals surface area contributed by atoms with Crippen molar-refractivity contribution in [1.29, 1.82) is 0 Å². The van der Waals surface area contributed by atoms with E-state index in [-0.39, 0.29) is 23.7 Å². The van der Waals surface area contributed by atoms with E-state index >= 15 is 0 Å². The third-order valence-electron chi connectivity index (χ3n) is 4.70. The molecule has 0 aromatic carbocycles. The first-order valence-corrected chi connectivity index (χ1v) is 8.80. The van der Waals surface area contributed by atoms with Crippen molar-refractivity contribution in [2.45, 2.75) is 38.5 Å². The summed E-state index contributed by atoms with van der Waals surface area (Å²) in [6.07, 6.45) is 6.70.